The Morgan fingerprint density at radius 1 is 1.28 bits per heavy atom. The van der Waals surface area contributed by atoms with Crippen LogP contribution in [0, 0.1) is 11.6 Å². The molecule has 0 fully saturated rings. The van der Waals surface area contributed by atoms with Gasteiger partial charge in [-0.05, 0) is 47.6 Å². The molecule has 0 heterocycles. The average Bonchev–Trinajstić information content (AvgIpc) is 2.35. The van der Waals surface area contributed by atoms with Crippen LogP contribution in [-0.4, -0.2) is 29.6 Å². The molecule has 0 saturated heterocycles. The van der Waals surface area contributed by atoms with Gasteiger partial charge in [-0.15, -0.1) is 0 Å². The van der Waals surface area contributed by atoms with Crippen LogP contribution in [0.25, 0.3) is 0 Å². The summed E-state index contributed by atoms with van der Waals surface area (Å²) in [6.45, 7) is 6.34. The molecule has 1 aromatic rings. The third-order valence-electron chi connectivity index (χ3n) is 3.03. The third kappa shape index (κ3) is 3.73. The largest absolute Gasteiger partial charge is 0.388 e. The van der Waals surface area contributed by atoms with E-state index in [0.717, 1.165) is 19.2 Å². The topological polar surface area (TPSA) is 23.5 Å². The number of nitrogens with zero attached hydrogens (tertiary/aromatic N) is 1. The van der Waals surface area contributed by atoms with Crippen LogP contribution in [0.4, 0.5) is 8.78 Å². The maximum absolute atomic E-state index is 13.7. The Labute approximate surface area is 115 Å². The maximum Gasteiger partial charge on any atom is 0.146 e. The van der Waals surface area contributed by atoms with Crippen molar-refractivity contribution in [1.82, 2.24) is 4.90 Å². The van der Waals surface area contributed by atoms with Crippen LogP contribution in [0.1, 0.15) is 31.9 Å². The van der Waals surface area contributed by atoms with Gasteiger partial charge in [0.05, 0.1) is 16.1 Å². The van der Waals surface area contributed by atoms with Crippen molar-refractivity contribution in [3.63, 3.8) is 0 Å². The van der Waals surface area contributed by atoms with Gasteiger partial charge in [0.25, 0.3) is 0 Å². The fraction of sp³-hybridized carbons (Fsp3) is 0.538. The average molecular weight is 322 g/mol. The summed E-state index contributed by atoms with van der Waals surface area (Å²) in [5.41, 5.74) is -0.253. The normalized spacial score (nSPS) is 13.1. The highest BCUT2D eigenvalue weighted by atomic mass is 79.9. The van der Waals surface area contributed by atoms with Crippen LogP contribution in [0.2, 0.25) is 0 Å². The fourth-order valence-electron chi connectivity index (χ4n) is 1.84. The molecule has 0 spiro atoms. The summed E-state index contributed by atoms with van der Waals surface area (Å²) in [6, 6.07) is 2.45. The second kappa shape index (κ2) is 7.16. The molecular formula is C13H18BrF2NO. The summed E-state index contributed by atoms with van der Waals surface area (Å²) in [7, 11) is 0. The second-order valence-corrected chi connectivity index (χ2v) is 4.94. The highest BCUT2D eigenvalue weighted by Gasteiger charge is 2.20. The summed E-state index contributed by atoms with van der Waals surface area (Å²) < 4.78 is 27.4. The van der Waals surface area contributed by atoms with E-state index >= 15 is 0 Å². The van der Waals surface area contributed by atoms with Gasteiger partial charge in [0, 0.05) is 6.54 Å². The van der Waals surface area contributed by atoms with Crippen molar-refractivity contribution in [2.24, 2.45) is 0 Å². The predicted molar refractivity (Wildman–Crippen MR) is 71.4 cm³/mol. The first-order chi connectivity index (χ1) is 8.51. The number of hydrogen-bond acceptors (Lipinski definition) is 2. The monoisotopic (exact) mass is 321 g/mol. The molecule has 0 aliphatic rings. The van der Waals surface area contributed by atoms with E-state index < -0.39 is 17.7 Å². The molecule has 0 aliphatic carbocycles. The molecule has 0 aromatic heterocycles. The number of aliphatic hydroxyl groups is 1. The van der Waals surface area contributed by atoms with Crippen LogP contribution >= 0.6 is 15.9 Å². The lowest BCUT2D eigenvalue weighted by Crippen LogP contribution is -2.25. The van der Waals surface area contributed by atoms with Crippen molar-refractivity contribution in [3.8, 4) is 0 Å². The van der Waals surface area contributed by atoms with Crippen molar-refractivity contribution in [1.29, 1.82) is 0 Å². The lowest BCUT2D eigenvalue weighted by atomic mass is 10.0. The number of rotatable bonds is 6. The first-order valence-electron chi connectivity index (χ1n) is 6.05. The second-order valence-electron chi connectivity index (χ2n) is 4.09. The van der Waals surface area contributed by atoms with Gasteiger partial charge in [-0.25, -0.2) is 8.78 Å². The molecule has 1 unspecified atom stereocenters. The minimum Gasteiger partial charge on any atom is -0.388 e. The Morgan fingerprint density at radius 2 is 1.89 bits per heavy atom. The quantitative estimate of drug-likeness (QED) is 0.811. The molecule has 0 bridgehead atoms. The van der Waals surface area contributed by atoms with E-state index in [1.165, 1.54) is 6.07 Å². The molecule has 0 aliphatic heterocycles. The molecule has 1 N–H and O–H groups in total. The maximum atomic E-state index is 13.7. The van der Waals surface area contributed by atoms with E-state index in [-0.39, 0.29) is 10.0 Å². The Kier molecular flexibility index (Phi) is 6.18. The lowest BCUT2D eigenvalue weighted by molar-refractivity contribution is 0.137. The number of halogens is 3. The molecule has 1 atom stereocenters. The molecule has 1 aromatic carbocycles. The summed E-state index contributed by atoms with van der Waals surface area (Å²) in [5.74, 6) is -1.43. The molecule has 0 radical (unpaired) electrons. The van der Waals surface area contributed by atoms with Gasteiger partial charge >= 0.3 is 0 Å². The SMILES string of the molecule is CCN(CC)CCC(O)c1c(F)ccc(Br)c1F. The van der Waals surface area contributed by atoms with Gasteiger partial charge in [-0.2, -0.15) is 0 Å². The van der Waals surface area contributed by atoms with Gasteiger partial charge < -0.3 is 10.0 Å². The van der Waals surface area contributed by atoms with E-state index in [1.54, 1.807) is 0 Å². The van der Waals surface area contributed by atoms with Crippen LogP contribution < -0.4 is 0 Å². The van der Waals surface area contributed by atoms with Crippen LogP contribution in [-0.2, 0) is 0 Å². The molecular weight excluding hydrogens is 304 g/mol. The van der Waals surface area contributed by atoms with Crippen molar-refractivity contribution < 1.29 is 13.9 Å². The van der Waals surface area contributed by atoms with Crippen LogP contribution in [0.3, 0.4) is 0 Å². The van der Waals surface area contributed by atoms with E-state index in [2.05, 4.69) is 20.8 Å². The van der Waals surface area contributed by atoms with E-state index in [1.807, 2.05) is 13.8 Å². The van der Waals surface area contributed by atoms with Crippen LogP contribution in [0.15, 0.2) is 16.6 Å². The van der Waals surface area contributed by atoms with Gasteiger partial charge in [0.15, 0.2) is 0 Å². The molecule has 0 saturated carbocycles. The van der Waals surface area contributed by atoms with Crippen molar-refractivity contribution >= 4 is 15.9 Å². The van der Waals surface area contributed by atoms with E-state index in [4.69, 9.17) is 0 Å². The number of aliphatic hydroxyl groups excluding tert-OH is 1. The first-order valence-corrected chi connectivity index (χ1v) is 6.84. The third-order valence-corrected chi connectivity index (χ3v) is 3.64. The Morgan fingerprint density at radius 3 is 2.44 bits per heavy atom. The van der Waals surface area contributed by atoms with Crippen molar-refractivity contribution in [2.75, 3.05) is 19.6 Å². The van der Waals surface area contributed by atoms with Gasteiger partial charge in [-0.3, -0.25) is 0 Å². The van der Waals surface area contributed by atoms with Crippen molar-refractivity contribution in [3.05, 3.63) is 33.8 Å². The Balaban J connectivity index is 2.78. The molecule has 102 valence electrons. The fourth-order valence-corrected chi connectivity index (χ4v) is 2.18. The molecule has 0 amide bonds. The minimum absolute atomic E-state index is 0.167. The molecule has 1 rings (SSSR count). The molecule has 18 heavy (non-hydrogen) atoms. The first kappa shape index (κ1) is 15.5. The minimum atomic E-state index is -1.12. The summed E-state index contributed by atoms with van der Waals surface area (Å²) in [6.07, 6.45) is -0.811. The zero-order valence-electron chi connectivity index (χ0n) is 10.6. The molecule has 2 nitrogen and oxygen atoms in total. The Bertz CT molecular complexity index is 397. The zero-order chi connectivity index (χ0) is 13.7. The molecule has 5 heteroatoms. The highest BCUT2D eigenvalue weighted by Crippen LogP contribution is 2.28. The lowest BCUT2D eigenvalue weighted by Gasteiger charge is -2.20. The zero-order valence-corrected chi connectivity index (χ0v) is 12.2. The smallest absolute Gasteiger partial charge is 0.146 e. The van der Waals surface area contributed by atoms with Crippen LogP contribution in [0.5, 0.6) is 0 Å². The Hall–Kier alpha value is -0.520. The highest BCUT2D eigenvalue weighted by molar-refractivity contribution is 9.10. The summed E-state index contributed by atoms with van der Waals surface area (Å²) >= 11 is 2.99. The number of benzene rings is 1. The standard InChI is InChI=1S/C13H18BrF2NO/c1-3-17(4-2)8-7-11(18)12-10(15)6-5-9(14)13(12)16/h5-6,11,18H,3-4,7-8H2,1-2H3. The van der Waals surface area contributed by atoms with Gasteiger partial charge in [0.2, 0.25) is 0 Å². The number of hydrogen-bond donors (Lipinski definition) is 1. The van der Waals surface area contributed by atoms with E-state index in [0.29, 0.717) is 13.0 Å². The summed E-state index contributed by atoms with van der Waals surface area (Å²) in [4.78, 5) is 2.09. The van der Waals surface area contributed by atoms with Gasteiger partial charge in [0.1, 0.15) is 11.6 Å². The summed E-state index contributed by atoms with van der Waals surface area (Å²) in [5, 5.41) is 9.92. The van der Waals surface area contributed by atoms with E-state index in [9.17, 15) is 13.9 Å². The van der Waals surface area contributed by atoms with Gasteiger partial charge in [-0.1, -0.05) is 13.8 Å². The predicted octanol–water partition coefficient (Wildman–Crippen LogP) is 3.49. The van der Waals surface area contributed by atoms with Crippen molar-refractivity contribution in [2.45, 2.75) is 26.4 Å².